The number of carbonyl (C=O) groups excluding carboxylic acids is 1. The lowest BCUT2D eigenvalue weighted by Gasteiger charge is -2.19. The number of hydrogen-bond acceptors (Lipinski definition) is 3. The summed E-state index contributed by atoms with van der Waals surface area (Å²) in [5.41, 5.74) is 0.319. The number of nitrogens with zero attached hydrogens (tertiary/aromatic N) is 1. The van der Waals surface area contributed by atoms with Crippen molar-refractivity contribution in [2.45, 2.75) is 18.7 Å². The van der Waals surface area contributed by atoms with E-state index in [4.69, 9.17) is 10.7 Å². The average Bonchev–Trinajstić information content (AvgIpc) is 2.26. The van der Waals surface area contributed by atoms with Crippen LogP contribution in [-0.4, -0.2) is 32.8 Å². The van der Waals surface area contributed by atoms with Crippen molar-refractivity contribution in [3.05, 3.63) is 29.8 Å². The first-order valence-electron chi connectivity index (χ1n) is 5.52. The first kappa shape index (κ1) is 15.0. The normalized spacial score (nSPS) is 11.6. The van der Waals surface area contributed by atoms with E-state index < -0.39 is 9.05 Å². The number of amides is 1. The maximum Gasteiger partial charge on any atom is 0.261 e. The van der Waals surface area contributed by atoms with Crippen molar-refractivity contribution in [2.24, 2.45) is 5.92 Å². The molecular formula is C12H16ClNO3S. The van der Waals surface area contributed by atoms with Crippen molar-refractivity contribution >= 4 is 25.6 Å². The highest BCUT2D eigenvalue weighted by molar-refractivity contribution is 8.13. The highest BCUT2D eigenvalue weighted by Crippen LogP contribution is 2.17. The molecular weight excluding hydrogens is 274 g/mol. The van der Waals surface area contributed by atoms with E-state index in [1.165, 1.54) is 18.2 Å². The van der Waals surface area contributed by atoms with Gasteiger partial charge in [-0.05, 0) is 24.1 Å². The molecule has 1 amide bonds. The largest absolute Gasteiger partial charge is 0.341 e. The minimum Gasteiger partial charge on any atom is -0.341 e. The Bertz CT molecular complexity index is 540. The van der Waals surface area contributed by atoms with E-state index in [1.54, 1.807) is 18.0 Å². The van der Waals surface area contributed by atoms with Gasteiger partial charge in [-0.1, -0.05) is 19.9 Å². The van der Waals surface area contributed by atoms with Gasteiger partial charge in [-0.3, -0.25) is 4.79 Å². The molecule has 0 aliphatic rings. The molecule has 18 heavy (non-hydrogen) atoms. The Morgan fingerprint density at radius 3 is 2.50 bits per heavy atom. The van der Waals surface area contributed by atoms with Crippen LogP contribution in [0.25, 0.3) is 0 Å². The summed E-state index contributed by atoms with van der Waals surface area (Å²) in [6.45, 7) is 4.61. The van der Waals surface area contributed by atoms with Crippen LogP contribution in [0.1, 0.15) is 24.2 Å². The van der Waals surface area contributed by atoms with Crippen LogP contribution in [0.2, 0.25) is 0 Å². The van der Waals surface area contributed by atoms with E-state index in [-0.39, 0.29) is 10.8 Å². The molecule has 0 atom stereocenters. The Kier molecular flexibility index (Phi) is 4.76. The lowest BCUT2D eigenvalue weighted by atomic mass is 10.1. The monoisotopic (exact) mass is 289 g/mol. The third kappa shape index (κ3) is 3.99. The van der Waals surface area contributed by atoms with E-state index in [1.807, 2.05) is 13.8 Å². The van der Waals surface area contributed by atoms with Gasteiger partial charge in [0.05, 0.1) is 4.90 Å². The zero-order chi connectivity index (χ0) is 13.9. The molecule has 0 spiro atoms. The molecule has 0 aliphatic carbocycles. The summed E-state index contributed by atoms with van der Waals surface area (Å²) >= 11 is 0. The lowest BCUT2D eigenvalue weighted by Crippen LogP contribution is -2.30. The van der Waals surface area contributed by atoms with E-state index in [0.29, 0.717) is 18.0 Å². The Hall–Kier alpha value is -1.07. The first-order chi connectivity index (χ1) is 8.21. The van der Waals surface area contributed by atoms with Gasteiger partial charge >= 0.3 is 0 Å². The Morgan fingerprint density at radius 2 is 2.00 bits per heavy atom. The summed E-state index contributed by atoms with van der Waals surface area (Å²) in [5.74, 6) is 0.129. The van der Waals surface area contributed by atoms with Crippen LogP contribution in [-0.2, 0) is 9.05 Å². The van der Waals surface area contributed by atoms with Gasteiger partial charge in [-0.2, -0.15) is 0 Å². The third-order valence-corrected chi connectivity index (χ3v) is 3.70. The lowest BCUT2D eigenvalue weighted by molar-refractivity contribution is 0.0779. The summed E-state index contributed by atoms with van der Waals surface area (Å²) in [6.07, 6.45) is 0. The number of halogens is 1. The number of rotatable bonds is 4. The Balaban J connectivity index is 3.01. The zero-order valence-electron chi connectivity index (χ0n) is 10.6. The predicted molar refractivity (Wildman–Crippen MR) is 71.3 cm³/mol. The molecule has 1 aromatic carbocycles. The van der Waals surface area contributed by atoms with Crippen LogP contribution in [0.4, 0.5) is 0 Å². The molecule has 0 fully saturated rings. The molecule has 100 valence electrons. The van der Waals surface area contributed by atoms with Crippen LogP contribution in [0.15, 0.2) is 29.2 Å². The summed E-state index contributed by atoms with van der Waals surface area (Å²) in [5, 5.41) is 0. The van der Waals surface area contributed by atoms with Crippen LogP contribution in [0.3, 0.4) is 0 Å². The van der Waals surface area contributed by atoms with Crippen LogP contribution in [0.5, 0.6) is 0 Å². The summed E-state index contributed by atoms with van der Waals surface area (Å²) in [7, 11) is 3.13. The van der Waals surface area contributed by atoms with Crippen molar-refractivity contribution in [1.29, 1.82) is 0 Å². The van der Waals surface area contributed by atoms with Gasteiger partial charge in [0, 0.05) is 29.8 Å². The van der Waals surface area contributed by atoms with E-state index in [0.717, 1.165) is 0 Å². The Morgan fingerprint density at radius 1 is 1.39 bits per heavy atom. The second kappa shape index (κ2) is 5.71. The second-order valence-corrected chi connectivity index (χ2v) is 7.11. The Labute approximate surface area is 112 Å². The molecule has 6 heteroatoms. The van der Waals surface area contributed by atoms with Gasteiger partial charge in [-0.25, -0.2) is 8.42 Å². The van der Waals surface area contributed by atoms with Crippen molar-refractivity contribution < 1.29 is 13.2 Å². The molecule has 0 aromatic heterocycles. The molecule has 0 heterocycles. The molecule has 1 rings (SSSR count). The summed E-state index contributed by atoms with van der Waals surface area (Å²) in [6, 6.07) is 5.74. The SMILES string of the molecule is CC(C)CN(C)C(=O)c1cccc(S(=O)(=O)Cl)c1. The molecule has 0 bridgehead atoms. The molecule has 0 aliphatic heterocycles. The minimum atomic E-state index is -3.81. The summed E-state index contributed by atoms with van der Waals surface area (Å²) in [4.78, 5) is 13.5. The van der Waals surface area contributed by atoms with Crippen molar-refractivity contribution in [1.82, 2.24) is 4.90 Å². The predicted octanol–water partition coefficient (Wildman–Crippen LogP) is 2.34. The smallest absolute Gasteiger partial charge is 0.261 e. The zero-order valence-corrected chi connectivity index (χ0v) is 12.1. The van der Waals surface area contributed by atoms with E-state index in [2.05, 4.69) is 0 Å². The fraction of sp³-hybridized carbons (Fsp3) is 0.417. The number of hydrogen-bond donors (Lipinski definition) is 0. The van der Waals surface area contributed by atoms with Crippen molar-refractivity contribution in [3.8, 4) is 0 Å². The first-order valence-corrected chi connectivity index (χ1v) is 7.83. The molecule has 0 N–H and O–H groups in total. The fourth-order valence-corrected chi connectivity index (χ4v) is 2.43. The van der Waals surface area contributed by atoms with Crippen molar-refractivity contribution in [3.63, 3.8) is 0 Å². The second-order valence-electron chi connectivity index (χ2n) is 4.55. The van der Waals surface area contributed by atoms with Gasteiger partial charge in [0.25, 0.3) is 15.0 Å². The standard InChI is InChI=1S/C12H16ClNO3S/c1-9(2)8-14(3)12(15)10-5-4-6-11(7-10)18(13,16)17/h4-7,9H,8H2,1-3H3. The molecule has 0 unspecified atom stereocenters. The third-order valence-electron chi connectivity index (χ3n) is 2.35. The van der Waals surface area contributed by atoms with Crippen LogP contribution in [0, 0.1) is 5.92 Å². The summed E-state index contributed by atoms with van der Waals surface area (Å²) < 4.78 is 22.4. The van der Waals surface area contributed by atoms with E-state index in [9.17, 15) is 13.2 Å². The molecule has 1 aromatic rings. The van der Waals surface area contributed by atoms with Crippen molar-refractivity contribution in [2.75, 3.05) is 13.6 Å². The van der Waals surface area contributed by atoms with Gasteiger partial charge in [-0.15, -0.1) is 0 Å². The molecule has 0 saturated carbocycles. The van der Waals surface area contributed by atoms with Gasteiger partial charge in [0.1, 0.15) is 0 Å². The van der Waals surface area contributed by atoms with Crippen LogP contribution < -0.4 is 0 Å². The van der Waals surface area contributed by atoms with E-state index >= 15 is 0 Å². The number of benzene rings is 1. The molecule has 4 nitrogen and oxygen atoms in total. The van der Waals surface area contributed by atoms with Gasteiger partial charge in [0.2, 0.25) is 0 Å². The highest BCUT2D eigenvalue weighted by atomic mass is 35.7. The topological polar surface area (TPSA) is 54.5 Å². The molecule has 0 radical (unpaired) electrons. The van der Waals surface area contributed by atoms with Crippen LogP contribution >= 0.6 is 10.7 Å². The minimum absolute atomic E-state index is 0.0621. The van der Waals surface area contributed by atoms with Gasteiger partial charge in [0.15, 0.2) is 0 Å². The van der Waals surface area contributed by atoms with Gasteiger partial charge < -0.3 is 4.90 Å². The highest BCUT2D eigenvalue weighted by Gasteiger charge is 2.16. The quantitative estimate of drug-likeness (QED) is 0.800. The number of carbonyl (C=O) groups is 1. The average molecular weight is 290 g/mol. The fourth-order valence-electron chi connectivity index (χ4n) is 1.63. The maximum atomic E-state index is 12.0. The maximum absolute atomic E-state index is 12.0. The molecule has 0 saturated heterocycles.